The Morgan fingerprint density at radius 3 is 2.50 bits per heavy atom. The Bertz CT molecular complexity index is 489. The number of carbonyl (C=O) groups is 2. The van der Waals surface area contributed by atoms with Crippen LogP contribution in [-0.2, 0) is 14.3 Å². The van der Waals surface area contributed by atoms with Crippen LogP contribution in [0, 0.1) is 0 Å². The van der Waals surface area contributed by atoms with Gasteiger partial charge in [-0.05, 0) is 13.8 Å². The minimum absolute atomic E-state index is 0.158. The third-order valence-electron chi connectivity index (χ3n) is 2.94. The second kappa shape index (κ2) is 6.81. The van der Waals surface area contributed by atoms with E-state index in [0.717, 1.165) is 18.9 Å². The molecule has 0 radical (unpaired) electrons. The lowest BCUT2D eigenvalue weighted by atomic mass is 10.2. The van der Waals surface area contributed by atoms with Crippen molar-refractivity contribution in [3.8, 4) is 0 Å². The maximum atomic E-state index is 11.5. The van der Waals surface area contributed by atoms with Gasteiger partial charge < -0.3 is 9.64 Å². The maximum absolute atomic E-state index is 11.5. The fourth-order valence-corrected chi connectivity index (χ4v) is 2.79. The van der Waals surface area contributed by atoms with Crippen molar-refractivity contribution in [3.05, 3.63) is 12.4 Å². The van der Waals surface area contributed by atoms with Gasteiger partial charge in [0, 0.05) is 19.2 Å². The summed E-state index contributed by atoms with van der Waals surface area (Å²) in [5, 5.41) is -0.0562. The molecule has 1 aromatic rings. The van der Waals surface area contributed by atoms with Gasteiger partial charge >= 0.3 is 0 Å². The highest BCUT2D eigenvalue weighted by atomic mass is 32.2. The van der Waals surface area contributed by atoms with Crippen molar-refractivity contribution < 1.29 is 14.3 Å². The molecule has 6 nitrogen and oxygen atoms in total. The van der Waals surface area contributed by atoms with Crippen molar-refractivity contribution >= 4 is 29.1 Å². The van der Waals surface area contributed by atoms with Crippen LogP contribution in [0.25, 0.3) is 0 Å². The number of morpholine rings is 1. The Labute approximate surface area is 121 Å². The van der Waals surface area contributed by atoms with Gasteiger partial charge in [0.1, 0.15) is 22.4 Å². The van der Waals surface area contributed by atoms with Gasteiger partial charge in [0.2, 0.25) is 0 Å². The molecule has 1 fully saturated rings. The highest BCUT2D eigenvalue weighted by Gasteiger charge is 2.22. The minimum Gasteiger partial charge on any atom is -0.378 e. The van der Waals surface area contributed by atoms with Crippen LogP contribution in [0.3, 0.4) is 0 Å². The quantitative estimate of drug-likeness (QED) is 0.455. The summed E-state index contributed by atoms with van der Waals surface area (Å²) in [4.78, 5) is 33.4. The molecule has 1 aromatic heterocycles. The van der Waals surface area contributed by atoms with Gasteiger partial charge in [-0.1, -0.05) is 11.8 Å². The zero-order chi connectivity index (χ0) is 14.5. The molecule has 0 atom stereocenters. The molecule has 0 spiro atoms. The number of hydrogen-bond acceptors (Lipinski definition) is 7. The van der Waals surface area contributed by atoms with E-state index < -0.39 is 5.25 Å². The topological polar surface area (TPSA) is 72.4 Å². The van der Waals surface area contributed by atoms with E-state index in [1.165, 1.54) is 31.9 Å². The van der Waals surface area contributed by atoms with Crippen LogP contribution in [0.2, 0.25) is 0 Å². The van der Waals surface area contributed by atoms with Crippen LogP contribution in [0.15, 0.2) is 17.4 Å². The summed E-state index contributed by atoms with van der Waals surface area (Å²) in [6.07, 6.45) is 1.46. The number of ether oxygens (including phenoxy) is 1. The van der Waals surface area contributed by atoms with Gasteiger partial charge in [-0.25, -0.2) is 9.97 Å². The number of carbonyl (C=O) groups excluding carboxylic acids is 2. The molecule has 1 aliphatic rings. The monoisotopic (exact) mass is 295 g/mol. The first-order chi connectivity index (χ1) is 9.58. The van der Waals surface area contributed by atoms with Gasteiger partial charge in [-0.2, -0.15) is 0 Å². The lowest BCUT2D eigenvalue weighted by Crippen LogP contribution is -2.36. The fraction of sp³-hybridized carbons (Fsp3) is 0.538. The SMILES string of the molecule is CC(=O)C(Sc1cc(N2CCOCC2)ncn1)C(C)=O. The summed E-state index contributed by atoms with van der Waals surface area (Å²) in [6.45, 7) is 5.76. The van der Waals surface area contributed by atoms with Gasteiger partial charge in [0.05, 0.1) is 13.2 Å². The number of rotatable bonds is 5. The van der Waals surface area contributed by atoms with Crippen molar-refractivity contribution in [2.24, 2.45) is 0 Å². The predicted octanol–water partition coefficient (Wildman–Crippen LogP) is 0.952. The number of ketones is 2. The second-order valence-corrected chi connectivity index (χ2v) is 5.66. The van der Waals surface area contributed by atoms with E-state index >= 15 is 0 Å². The van der Waals surface area contributed by atoms with Crippen LogP contribution in [0.4, 0.5) is 5.82 Å². The van der Waals surface area contributed by atoms with Crippen LogP contribution < -0.4 is 4.90 Å². The van der Waals surface area contributed by atoms with E-state index in [0.29, 0.717) is 18.2 Å². The Morgan fingerprint density at radius 2 is 1.90 bits per heavy atom. The third-order valence-corrected chi connectivity index (χ3v) is 4.30. The third kappa shape index (κ3) is 3.77. The van der Waals surface area contributed by atoms with Crippen LogP contribution >= 0.6 is 11.8 Å². The lowest BCUT2D eigenvalue weighted by Gasteiger charge is -2.27. The number of aromatic nitrogens is 2. The van der Waals surface area contributed by atoms with Crippen LogP contribution in [-0.4, -0.2) is 53.1 Å². The first kappa shape index (κ1) is 14.9. The van der Waals surface area contributed by atoms with E-state index in [1.54, 1.807) is 0 Å². The molecule has 0 amide bonds. The molecule has 0 unspecified atom stereocenters. The fourth-order valence-electron chi connectivity index (χ4n) is 1.93. The number of thioether (sulfide) groups is 1. The molecule has 108 valence electrons. The maximum Gasteiger partial charge on any atom is 0.150 e. The van der Waals surface area contributed by atoms with E-state index in [9.17, 15) is 9.59 Å². The van der Waals surface area contributed by atoms with Gasteiger partial charge in [0.15, 0.2) is 11.6 Å². The largest absolute Gasteiger partial charge is 0.378 e. The second-order valence-electron chi connectivity index (χ2n) is 4.53. The number of nitrogens with zero attached hydrogens (tertiary/aromatic N) is 3. The Hall–Kier alpha value is -1.47. The van der Waals surface area contributed by atoms with Crippen molar-refractivity contribution in [1.29, 1.82) is 0 Å². The first-order valence-corrected chi connectivity index (χ1v) is 7.28. The molecule has 0 aliphatic carbocycles. The number of Topliss-reactive ketones (excluding diaryl/α,β-unsaturated/α-hetero) is 2. The van der Waals surface area contributed by atoms with Crippen molar-refractivity contribution in [2.75, 3.05) is 31.2 Å². The molecule has 1 saturated heterocycles. The summed E-state index contributed by atoms with van der Waals surface area (Å²) in [6, 6.07) is 1.81. The average Bonchev–Trinajstić information content (AvgIpc) is 2.45. The standard InChI is InChI=1S/C13H17N3O3S/c1-9(17)13(10(2)18)20-12-7-11(14-8-15-12)16-3-5-19-6-4-16/h7-8,13H,3-6H2,1-2H3. The first-order valence-electron chi connectivity index (χ1n) is 6.40. The molecule has 0 aromatic carbocycles. The molecule has 20 heavy (non-hydrogen) atoms. The number of hydrogen-bond donors (Lipinski definition) is 0. The van der Waals surface area contributed by atoms with E-state index in [2.05, 4.69) is 14.9 Å². The van der Waals surface area contributed by atoms with E-state index in [1.807, 2.05) is 6.07 Å². The summed E-state index contributed by atoms with van der Waals surface area (Å²) >= 11 is 1.17. The van der Waals surface area contributed by atoms with Crippen molar-refractivity contribution in [1.82, 2.24) is 9.97 Å². The number of anilines is 1. The van der Waals surface area contributed by atoms with Gasteiger partial charge in [-0.3, -0.25) is 9.59 Å². The molecule has 1 aliphatic heterocycles. The van der Waals surface area contributed by atoms with Gasteiger partial charge in [0.25, 0.3) is 0 Å². The van der Waals surface area contributed by atoms with Crippen LogP contribution in [0.1, 0.15) is 13.8 Å². The summed E-state index contributed by atoms with van der Waals surface area (Å²) in [7, 11) is 0. The average molecular weight is 295 g/mol. The van der Waals surface area contributed by atoms with Crippen molar-refractivity contribution in [2.45, 2.75) is 24.1 Å². The Balaban J connectivity index is 2.12. The summed E-state index contributed by atoms with van der Waals surface area (Å²) in [5.74, 6) is 0.486. The van der Waals surface area contributed by atoms with Crippen LogP contribution in [0.5, 0.6) is 0 Å². The van der Waals surface area contributed by atoms with E-state index in [4.69, 9.17) is 4.74 Å². The zero-order valence-corrected chi connectivity index (χ0v) is 12.4. The molecule has 0 bridgehead atoms. The molecule has 0 saturated carbocycles. The van der Waals surface area contributed by atoms with E-state index in [-0.39, 0.29) is 11.6 Å². The molecule has 0 N–H and O–H groups in total. The Kier molecular flexibility index (Phi) is 5.08. The molecule has 7 heteroatoms. The highest BCUT2D eigenvalue weighted by Crippen LogP contribution is 2.25. The normalized spacial score (nSPS) is 15.4. The lowest BCUT2D eigenvalue weighted by molar-refractivity contribution is -0.123. The summed E-state index contributed by atoms with van der Waals surface area (Å²) < 4.78 is 5.30. The van der Waals surface area contributed by atoms with Crippen molar-refractivity contribution in [3.63, 3.8) is 0 Å². The zero-order valence-electron chi connectivity index (χ0n) is 11.5. The molecular weight excluding hydrogens is 278 g/mol. The summed E-state index contributed by atoms with van der Waals surface area (Å²) in [5.41, 5.74) is 0. The molecule has 2 heterocycles. The van der Waals surface area contributed by atoms with Gasteiger partial charge in [-0.15, -0.1) is 0 Å². The molecule has 2 rings (SSSR count). The Morgan fingerprint density at radius 1 is 1.25 bits per heavy atom. The highest BCUT2D eigenvalue weighted by molar-refractivity contribution is 8.01. The predicted molar refractivity (Wildman–Crippen MR) is 76.1 cm³/mol. The minimum atomic E-state index is -0.692. The molecular formula is C13H17N3O3S. The smallest absolute Gasteiger partial charge is 0.150 e.